The molecule has 0 atom stereocenters. The molecule has 0 amide bonds. The van der Waals surface area contributed by atoms with Crippen molar-refractivity contribution in [1.29, 1.82) is 0 Å². The molecule has 0 fully saturated rings. The minimum Gasteiger partial charge on any atom is -0.857 e. The predicted octanol–water partition coefficient (Wildman–Crippen LogP) is -3.56. The third-order valence-electron chi connectivity index (χ3n) is 1.19. The molecule has 0 bridgehead atoms. The Kier molecular flexibility index (Phi) is 10.6. The van der Waals surface area contributed by atoms with E-state index in [0.717, 1.165) is 0 Å². The normalized spacial score (nSPS) is 9.00. The predicted molar refractivity (Wildman–Crippen MR) is 48.8 cm³/mol. The van der Waals surface area contributed by atoms with Crippen molar-refractivity contribution in [3.8, 4) is 5.88 Å². The van der Waals surface area contributed by atoms with Crippen LogP contribution in [-0.4, -0.2) is 48.4 Å². The third-order valence-corrected chi connectivity index (χ3v) is 1.19. The van der Waals surface area contributed by atoms with Gasteiger partial charge >= 0.3 is 17.1 Å². The number of imidazole rings is 1. The molecule has 13 heteroatoms. The van der Waals surface area contributed by atoms with Crippen LogP contribution in [0.5, 0.6) is 5.88 Å². The molecule has 0 aromatic carbocycles. The molecule has 0 saturated carbocycles. The number of nitrogens with zero attached hydrogens (tertiary/aromatic N) is 3. The molecule has 2 aromatic heterocycles. The van der Waals surface area contributed by atoms with Crippen LogP contribution in [0.4, 0.5) is 0 Å². The van der Waals surface area contributed by atoms with Crippen LogP contribution < -0.4 is 5.11 Å². The molecular weight excluding hydrogens is 324 g/mol. The quantitative estimate of drug-likeness (QED) is 0.288. The summed E-state index contributed by atoms with van der Waals surface area (Å²) in [4.78, 5) is 13.6. The number of nitrogens with one attached hydrogen (secondary N) is 1. The van der Waals surface area contributed by atoms with Crippen LogP contribution in [0.2, 0.25) is 0 Å². The van der Waals surface area contributed by atoms with Crippen LogP contribution in [-0.2, 0) is 27.5 Å². The first-order chi connectivity index (χ1) is 6.88. The van der Waals surface area contributed by atoms with Gasteiger partial charge in [0.25, 0.3) is 0 Å². The number of hydrogen-bond acceptors (Lipinski definition) is 8. The van der Waals surface area contributed by atoms with Gasteiger partial charge in [-0.2, -0.15) is 0 Å². The van der Waals surface area contributed by atoms with Crippen molar-refractivity contribution in [3.63, 3.8) is 0 Å². The minimum absolute atomic E-state index is 0. The van der Waals surface area contributed by atoms with Crippen LogP contribution >= 0.6 is 0 Å². The van der Waals surface area contributed by atoms with Gasteiger partial charge in [-0.05, 0) is 0 Å². The van der Waals surface area contributed by atoms with Crippen molar-refractivity contribution < 1.29 is 50.7 Å². The zero-order chi connectivity index (χ0) is 11.5. The van der Waals surface area contributed by atoms with Crippen LogP contribution in [0.15, 0.2) is 12.7 Å². The second-order valence-corrected chi connectivity index (χ2v) is 3.00. The second-order valence-electron chi connectivity index (χ2n) is 2.19. The Bertz CT molecular complexity index is 550. The van der Waals surface area contributed by atoms with Gasteiger partial charge in [-0.1, -0.05) is 0 Å². The number of H-pyrrole nitrogens is 1. The maximum absolute atomic E-state index is 10.8. The summed E-state index contributed by atoms with van der Waals surface area (Å²) in [5.74, 6) is -0.317. The van der Waals surface area contributed by atoms with Gasteiger partial charge in [-0.25, -0.2) is 9.97 Å². The summed E-state index contributed by atoms with van der Waals surface area (Å²) in [5, 5.41) is 10.8. The SMILES string of the molecule is O.O.O=S(=O)([O-])[O-].[Cu+2].[O-]c1ncnc2nc[nH]c12. The Morgan fingerprint density at radius 2 is 1.61 bits per heavy atom. The number of aromatic nitrogens is 4. The van der Waals surface area contributed by atoms with Gasteiger partial charge in [-0.3, -0.25) is 13.4 Å². The standard InChI is InChI=1S/C5H4N4O.Cu.H2O4S.2H2O/c10-5-3-4(7-1-6-3)8-2-9-5;;1-5(2,3)4;;/h1-2H,(H2,6,7,8,9,10);;(H2,1,2,3,4);2*1H2/q;+2;;;/p-3. The molecule has 0 unspecified atom stereocenters. The van der Waals surface area contributed by atoms with E-state index in [4.69, 9.17) is 17.5 Å². The molecule has 2 rings (SSSR count). The molecule has 107 valence electrons. The molecule has 1 radical (unpaired) electrons. The number of hydrogen-bond donors (Lipinski definition) is 1. The average Bonchev–Trinajstić information content (AvgIpc) is 2.49. The van der Waals surface area contributed by atoms with E-state index in [-0.39, 0.29) is 33.9 Å². The monoisotopic (exact) mass is 330 g/mol. The van der Waals surface area contributed by atoms with Gasteiger partial charge in [0, 0.05) is 16.3 Å². The van der Waals surface area contributed by atoms with Gasteiger partial charge in [-0.15, -0.1) is 0 Å². The molecular formula is C5H7CuN4O7S-. The van der Waals surface area contributed by atoms with E-state index in [9.17, 15) is 5.11 Å². The van der Waals surface area contributed by atoms with Gasteiger partial charge in [0.15, 0.2) is 5.65 Å². The van der Waals surface area contributed by atoms with Crippen molar-refractivity contribution in [3.05, 3.63) is 12.7 Å². The molecule has 0 spiro atoms. The number of rotatable bonds is 0. The Hall–Kier alpha value is -1.34. The summed E-state index contributed by atoms with van der Waals surface area (Å²) in [6.07, 6.45) is 2.62. The van der Waals surface area contributed by atoms with Gasteiger partial charge in [0.05, 0.1) is 11.8 Å². The van der Waals surface area contributed by atoms with E-state index in [0.29, 0.717) is 11.2 Å². The smallest absolute Gasteiger partial charge is 0.857 e. The van der Waals surface area contributed by atoms with Crippen molar-refractivity contribution in [2.45, 2.75) is 0 Å². The summed E-state index contributed by atoms with van der Waals surface area (Å²) in [7, 11) is -5.17. The van der Waals surface area contributed by atoms with Crippen molar-refractivity contribution in [1.82, 2.24) is 19.9 Å². The van der Waals surface area contributed by atoms with Gasteiger partial charge in [0.1, 0.15) is 6.33 Å². The topological polar surface area (TPSA) is 221 Å². The Morgan fingerprint density at radius 3 is 2.06 bits per heavy atom. The Labute approximate surface area is 111 Å². The fourth-order valence-corrected chi connectivity index (χ4v) is 0.743. The molecule has 2 aromatic rings. The summed E-state index contributed by atoms with van der Waals surface area (Å²) in [6, 6.07) is 0. The first kappa shape index (κ1) is 21.9. The van der Waals surface area contributed by atoms with Crippen LogP contribution in [0.1, 0.15) is 0 Å². The molecule has 2 heterocycles. The van der Waals surface area contributed by atoms with E-state index < -0.39 is 10.4 Å². The summed E-state index contributed by atoms with van der Waals surface area (Å²) >= 11 is 0. The van der Waals surface area contributed by atoms with Crippen LogP contribution in [0.25, 0.3) is 11.2 Å². The van der Waals surface area contributed by atoms with Crippen molar-refractivity contribution in [2.75, 3.05) is 0 Å². The van der Waals surface area contributed by atoms with E-state index in [1.54, 1.807) is 0 Å². The van der Waals surface area contributed by atoms with E-state index in [2.05, 4.69) is 19.9 Å². The van der Waals surface area contributed by atoms with Crippen LogP contribution in [0, 0.1) is 0 Å². The zero-order valence-corrected chi connectivity index (χ0v) is 10.0. The molecule has 0 aliphatic carbocycles. The minimum atomic E-state index is -5.17. The summed E-state index contributed by atoms with van der Waals surface area (Å²) in [6.45, 7) is 0. The summed E-state index contributed by atoms with van der Waals surface area (Å²) in [5.41, 5.74) is 0.780. The average molecular weight is 331 g/mol. The molecule has 11 nitrogen and oxygen atoms in total. The number of fused-ring (bicyclic) bond motifs is 1. The molecule has 18 heavy (non-hydrogen) atoms. The first-order valence-corrected chi connectivity index (χ1v) is 4.69. The maximum Gasteiger partial charge on any atom is 2.00 e. The maximum atomic E-state index is 10.8. The van der Waals surface area contributed by atoms with Gasteiger partial charge in [0.2, 0.25) is 0 Å². The fourth-order valence-electron chi connectivity index (χ4n) is 0.743. The number of aromatic amines is 1. The molecule has 0 saturated heterocycles. The zero-order valence-electron chi connectivity index (χ0n) is 8.25. The van der Waals surface area contributed by atoms with Crippen molar-refractivity contribution in [2.24, 2.45) is 0 Å². The van der Waals surface area contributed by atoms with E-state index in [1.807, 2.05) is 0 Å². The largest absolute Gasteiger partial charge is 2.00 e. The molecule has 5 N–H and O–H groups in total. The van der Waals surface area contributed by atoms with Crippen LogP contribution in [0.3, 0.4) is 0 Å². The first-order valence-electron chi connectivity index (χ1n) is 3.35. The van der Waals surface area contributed by atoms with E-state index >= 15 is 0 Å². The Balaban J connectivity index is -0.000000252. The molecule has 0 aliphatic heterocycles. The Morgan fingerprint density at radius 1 is 1.11 bits per heavy atom. The van der Waals surface area contributed by atoms with Gasteiger partial charge < -0.3 is 30.1 Å². The third kappa shape index (κ3) is 7.86. The second kappa shape index (κ2) is 8.71. The summed E-state index contributed by atoms with van der Waals surface area (Å²) < 4.78 is 34.1. The molecule has 0 aliphatic rings. The van der Waals surface area contributed by atoms with Crippen molar-refractivity contribution >= 4 is 21.6 Å². The fraction of sp³-hybridized carbons (Fsp3) is 0. The van der Waals surface area contributed by atoms with E-state index in [1.165, 1.54) is 12.7 Å².